The van der Waals surface area contributed by atoms with Gasteiger partial charge >= 0.3 is 0 Å². The Kier molecular flexibility index (Phi) is 3.24. The highest BCUT2D eigenvalue weighted by molar-refractivity contribution is 5.85. The largest absolute Gasteiger partial charge is 0.394 e. The first-order valence-corrected chi connectivity index (χ1v) is 6.05. The number of aliphatic hydroxyl groups is 3. The quantitative estimate of drug-likeness (QED) is 0.519. The number of rotatable bonds is 2. The van der Waals surface area contributed by atoms with E-state index in [1.807, 2.05) is 0 Å². The highest BCUT2D eigenvalue weighted by Crippen LogP contribution is 2.33. The molecule has 10 heteroatoms. The van der Waals surface area contributed by atoms with Gasteiger partial charge in [-0.25, -0.2) is 4.98 Å². The molecule has 2 aromatic rings. The Hall–Kier alpha value is -1.88. The molecule has 3 rings (SSSR count). The molecular weight excluding hydrogens is 290 g/mol. The Morgan fingerprint density at radius 2 is 2.05 bits per heavy atom. The van der Waals surface area contributed by atoms with Crippen molar-refractivity contribution in [1.29, 1.82) is 0 Å². The number of hydrogen-bond acceptors (Lipinski definition) is 7. The van der Waals surface area contributed by atoms with Crippen LogP contribution in [0.2, 0.25) is 0 Å². The normalized spacial score (nSPS) is 29.4. The minimum atomic E-state index is -1.45. The van der Waals surface area contributed by atoms with Gasteiger partial charge in [0.1, 0.15) is 29.3 Å². The third kappa shape index (κ3) is 1.95. The highest BCUT2D eigenvalue weighted by atomic mass is 19.2. The highest BCUT2D eigenvalue weighted by Gasteiger charge is 2.44. The van der Waals surface area contributed by atoms with Gasteiger partial charge in [-0.2, -0.15) is 13.8 Å². The molecule has 21 heavy (non-hydrogen) atoms. The monoisotopic (exact) mass is 302 g/mol. The number of halogens is 2. The van der Waals surface area contributed by atoms with Crippen LogP contribution >= 0.6 is 0 Å². The fourth-order valence-corrected chi connectivity index (χ4v) is 2.37. The molecular formula is C11H12F2N4O4. The number of aromatic nitrogens is 3. The van der Waals surface area contributed by atoms with E-state index in [0.717, 1.165) is 10.9 Å². The number of nitrogens with zero attached hydrogens (tertiary/aromatic N) is 3. The van der Waals surface area contributed by atoms with Gasteiger partial charge in [-0.05, 0) is 0 Å². The summed E-state index contributed by atoms with van der Waals surface area (Å²) in [6, 6.07) is 0. The van der Waals surface area contributed by atoms with E-state index in [1.165, 1.54) is 0 Å². The fraction of sp³-hybridized carbons (Fsp3) is 0.455. The molecule has 0 unspecified atom stereocenters. The lowest BCUT2D eigenvalue weighted by atomic mass is 10.1. The van der Waals surface area contributed by atoms with E-state index >= 15 is 0 Å². The summed E-state index contributed by atoms with van der Waals surface area (Å²) in [5, 5.41) is 28.7. The van der Waals surface area contributed by atoms with E-state index in [0.29, 0.717) is 0 Å². The van der Waals surface area contributed by atoms with Gasteiger partial charge in [0.15, 0.2) is 12.0 Å². The van der Waals surface area contributed by atoms with Gasteiger partial charge in [-0.1, -0.05) is 0 Å². The number of hydrogen-bond donors (Lipinski definition) is 4. The van der Waals surface area contributed by atoms with Crippen LogP contribution < -0.4 is 5.73 Å². The summed E-state index contributed by atoms with van der Waals surface area (Å²) in [6.45, 7) is -0.540. The number of nitrogens with two attached hydrogens (primary N) is 1. The summed E-state index contributed by atoms with van der Waals surface area (Å²) in [7, 11) is 0. The number of nitrogen functional groups attached to an aromatic ring is 1. The van der Waals surface area contributed by atoms with Gasteiger partial charge in [-0.3, -0.25) is 4.57 Å². The predicted molar refractivity (Wildman–Crippen MR) is 64.9 cm³/mol. The van der Waals surface area contributed by atoms with Gasteiger partial charge in [0, 0.05) is 0 Å². The lowest BCUT2D eigenvalue weighted by Gasteiger charge is -2.17. The van der Waals surface area contributed by atoms with Crippen molar-refractivity contribution in [2.75, 3.05) is 12.3 Å². The zero-order valence-corrected chi connectivity index (χ0v) is 10.5. The molecule has 5 N–H and O–H groups in total. The summed E-state index contributed by atoms with van der Waals surface area (Å²) >= 11 is 0. The van der Waals surface area contributed by atoms with E-state index in [2.05, 4.69) is 9.97 Å². The van der Waals surface area contributed by atoms with Gasteiger partial charge in [0.25, 0.3) is 5.95 Å². The summed E-state index contributed by atoms with van der Waals surface area (Å²) in [6.07, 6.45) is -4.01. The van der Waals surface area contributed by atoms with E-state index < -0.39 is 42.9 Å². The van der Waals surface area contributed by atoms with Crippen molar-refractivity contribution in [3.63, 3.8) is 0 Å². The zero-order chi connectivity index (χ0) is 15.3. The van der Waals surface area contributed by atoms with Crippen LogP contribution in [0.3, 0.4) is 0 Å². The Balaban J connectivity index is 2.14. The van der Waals surface area contributed by atoms with Gasteiger partial charge in [0.05, 0.1) is 12.9 Å². The first-order valence-electron chi connectivity index (χ1n) is 6.05. The second-order valence-electron chi connectivity index (χ2n) is 4.68. The topological polar surface area (TPSA) is 127 Å². The van der Waals surface area contributed by atoms with Crippen molar-refractivity contribution < 1.29 is 28.8 Å². The summed E-state index contributed by atoms with van der Waals surface area (Å²) in [4.78, 5) is 6.98. The molecule has 0 radical (unpaired) electrons. The Morgan fingerprint density at radius 1 is 1.33 bits per heavy atom. The van der Waals surface area contributed by atoms with E-state index in [-0.39, 0.29) is 16.9 Å². The second-order valence-corrected chi connectivity index (χ2v) is 4.68. The second kappa shape index (κ2) is 4.84. The fourth-order valence-electron chi connectivity index (χ4n) is 2.37. The smallest absolute Gasteiger partial charge is 0.253 e. The molecule has 0 amide bonds. The summed E-state index contributed by atoms with van der Waals surface area (Å²) < 4.78 is 33.6. The third-order valence-corrected chi connectivity index (χ3v) is 3.44. The van der Waals surface area contributed by atoms with Gasteiger partial charge in [-0.15, -0.1) is 0 Å². The number of aliphatic hydroxyl groups excluding tert-OH is 3. The number of anilines is 1. The molecule has 2 aromatic heterocycles. The Labute approximate surface area is 116 Å². The molecule has 1 saturated heterocycles. The van der Waals surface area contributed by atoms with Crippen molar-refractivity contribution in [2.45, 2.75) is 24.5 Å². The molecule has 1 fully saturated rings. The van der Waals surface area contributed by atoms with Crippen LogP contribution in [0.15, 0.2) is 6.33 Å². The van der Waals surface area contributed by atoms with Crippen LogP contribution in [0.25, 0.3) is 11.0 Å². The molecule has 0 saturated carbocycles. The summed E-state index contributed by atoms with van der Waals surface area (Å²) in [5.41, 5.74) is 5.04. The van der Waals surface area contributed by atoms with E-state index in [1.54, 1.807) is 0 Å². The number of ether oxygens (including phenoxy) is 1. The molecule has 114 valence electrons. The van der Waals surface area contributed by atoms with E-state index in [4.69, 9.17) is 15.6 Å². The van der Waals surface area contributed by atoms with Crippen molar-refractivity contribution in [3.05, 3.63) is 18.1 Å². The molecule has 8 nitrogen and oxygen atoms in total. The molecule has 4 atom stereocenters. The molecule has 3 heterocycles. The van der Waals surface area contributed by atoms with Crippen LogP contribution in [0.1, 0.15) is 6.23 Å². The minimum absolute atomic E-state index is 0.0911. The Bertz CT molecular complexity index is 694. The number of fused-ring (bicyclic) bond motifs is 1. The van der Waals surface area contributed by atoms with Crippen LogP contribution in [-0.4, -0.2) is 54.8 Å². The SMILES string of the molecule is Nc1nc(F)c(F)c2c1ncn2[C@@H]1O[C@H](CO)[C@@H](O)[C@H]1O. The first kappa shape index (κ1) is 14.1. The average molecular weight is 302 g/mol. The first-order chi connectivity index (χ1) is 9.95. The molecule has 0 aromatic carbocycles. The molecule has 0 aliphatic carbocycles. The maximum atomic E-state index is 13.9. The summed E-state index contributed by atoms with van der Waals surface area (Å²) in [5.74, 6) is -3.02. The Morgan fingerprint density at radius 3 is 2.67 bits per heavy atom. The molecule has 1 aliphatic heterocycles. The standard InChI is InChI=1S/C11H12F2N4O4/c12-4-6-5(10(14)16-9(4)13)15-2-17(6)11-8(20)7(19)3(1-18)21-11/h2-3,7-8,11,18-20H,1H2,(H2,14,16)/t3-,7-,8-,11-/m1/s1. The molecule has 0 spiro atoms. The lowest BCUT2D eigenvalue weighted by Crippen LogP contribution is -2.33. The molecule has 0 bridgehead atoms. The van der Waals surface area contributed by atoms with Gasteiger partial charge in [0.2, 0.25) is 5.82 Å². The third-order valence-electron chi connectivity index (χ3n) is 3.44. The maximum Gasteiger partial charge on any atom is 0.253 e. The van der Waals surface area contributed by atoms with Crippen LogP contribution in [-0.2, 0) is 4.74 Å². The zero-order valence-electron chi connectivity index (χ0n) is 10.5. The van der Waals surface area contributed by atoms with Crippen molar-refractivity contribution in [1.82, 2.24) is 14.5 Å². The average Bonchev–Trinajstić information content (AvgIpc) is 3.00. The van der Waals surface area contributed by atoms with Crippen molar-refractivity contribution in [2.24, 2.45) is 0 Å². The molecule has 1 aliphatic rings. The van der Waals surface area contributed by atoms with Crippen LogP contribution in [0.5, 0.6) is 0 Å². The van der Waals surface area contributed by atoms with Gasteiger partial charge < -0.3 is 25.8 Å². The van der Waals surface area contributed by atoms with Crippen molar-refractivity contribution >= 4 is 16.9 Å². The maximum absolute atomic E-state index is 13.9. The van der Waals surface area contributed by atoms with Crippen LogP contribution in [0, 0.1) is 11.8 Å². The van der Waals surface area contributed by atoms with Crippen LogP contribution in [0.4, 0.5) is 14.6 Å². The number of pyridine rings is 1. The van der Waals surface area contributed by atoms with E-state index in [9.17, 15) is 19.0 Å². The minimum Gasteiger partial charge on any atom is -0.394 e. The number of imidazole rings is 1. The predicted octanol–water partition coefficient (Wildman–Crippen LogP) is -1.10. The lowest BCUT2D eigenvalue weighted by molar-refractivity contribution is -0.0510. The van der Waals surface area contributed by atoms with Crippen molar-refractivity contribution in [3.8, 4) is 0 Å².